The number of nitrogens with zero attached hydrogens (tertiary/aromatic N) is 1. The molecule has 0 fully saturated rings. The number of benzene rings is 2. The van der Waals surface area contributed by atoms with Crippen LogP contribution in [-0.4, -0.2) is 10.7 Å². The Bertz CT molecular complexity index is 715. The molecule has 19 heavy (non-hydrogen) atoms. The first-order valence-electron chi connectivity index (χ1n) is 6.50. The second-order valence-corrected chi connectivity index (χ2v) is 5.07. The van der Waals surface area contributed by atoms with Crippen LogP contribution in [0.3, 0.4) is 0 Å². The molecule has 0 aromatic heterocycles. The summed E-state index contributed by atoms with van der Waals surface area (Å²) in [4.78, 5) is 14.7. The number of rotatable bonds is 0. The van der Waals surface area contributed by atoms with E-state index in [-0.39, 0.29) is 5.78 Å². The van der Waals surface area contributed by atoms with Gasteiger partial charge in [0, 0.05) is 18.7 Å². The van der Waals surface area contributed by atoms with E-state index in [0.717, 1.165) is 29.9 Å². The quantitative estimate of drug-likeness (QED) is 0.712. The summed E-state index contributed by atoms with van der Waals surface area (Å²) < 4.78 is 0. The zero-order chi connectivity index (χ0) is 12.8. The van der Waals surface area contributed by atoms with Gasteiger partial charge in [-0.3, -0.25) is 4.79 Å². The number of Topliss-reactive ketones (excluding diaryl/α,β-unsaturated/α-hetero) is 1. The lowest BCUT2D eigenvalue weighted by Crippen LogP contribution is -2.34. The summed E-state index contributed by atoms with van der Waals surface area (Å²) in [7, 11) is 0. The molecule has 0 spiro atoms. The van der Waals surface area contributed by atoms with Crippen molar-refractivity contribution < 1.29 is 4.79 Å². The van der Waals surface area contributed by atoms with E-state index in [0.29, 0.717) is 0 Å². The highest BCUT2D eigenvalue weighted by Crippen LogP contribution is 2.32. The zero-order valence-corrected chi connectivity index (χ0v) is 10.5. The summed E-state index contributed by atoms with van der Waals surface area (Å²) in [5.41, 5.74) is 5.27. The summed E-state index contributed by atoms with van der Waals surface area (Å²) in [6.07, 6.45) is 2.02. The molecule has 2 aromatic rings. The molecule has 2 aliphatic heterocycles. The SMILES string of the molecule is O=C1C2=Cc3ccccc3CN2Cc2ccccc21. The van der Waals surface area contributed by atoms with Gasteiger partial charge in [-0.25, -0.2) is 0 Å². The molecule has 2 aromatic carbocycles. The number of carbonyl (C=O) groups is 1. The molecule has 92 valence electrons. The van der Waals surface area contributed by atoms with Crippen LogP contribution in [0, 0.1) is 0 Å². The van der Waals surface area contributed by atoms with Gasteiger partial charge in [-0.15, -0.1) is 0 Å². The largest absolute Gasteiger partial charge is 0.360 e. The van der Waals surface area contributed by atoms with Gasteiger partial charge in [-0.1, -0.05) is 48.5 Å². The molecular formula is C17H13NO. The minimum Gasteiger partial charge on any atom is -0.360 e. The Kier molecular flexibility index (Phi) is 2.12. The first-order chi connectivity index (χ1) is 9.33. The van der Waals surface area contributed by atoms with Gasteiger partial charge in [-0.05, 0) is 22.8 Å². The van der Waals surface area contributed by atoms with Crippen molar-refractivity contribution in [1.29, 1.82) is 0 Å². The van der Waals surface area contributed by atoms with Crippen molar-refractivity contribution in [2.24, 2.45) is 0 Å². The highest BCUT2D eigenvalue weighted by atomic mass is 16.1. The summed E-state index contributed by atoms with van der Waals surface area (Å²) >= 11 is 0. The summed E-state index contributed by atoms with van der Waals surface area (Å²) in [5.74, 6) is 0.149. The first-order valence-corrected chi connectivity index (χ1v) is 6.50. The fourth-order valence-corrected chi connectivity index (χ4v) is 2.92. The highest BCUT2D eigenvalue weighted by molar-refractivity contribution is 6.13. The fraction of sp³-hybridized carbons (Fsp3) is 0.118. The smallest absolute Gasteiger partial charge is 0.209 e. The van der Waals surface area contributed by atoms with Crippen LogP contribution in [0.5, 0.6) is 0 Å². The minimum atomic E-state index is 0.149. The zero-order valence-electron chi connectivity index (χ0n) is 10.5. The van der Waals surface area contributed by atoms with Crippen LogP contribution in [0.4, 0.5) is 0 Å². The fourth-order valence-electron chi connectivity index (χ4n) is 2.92. The number of carbonyl (C=O) groups excluding carboxylic acids is 1. The Morgan fingerprint density at radius 2 is 1.53 bits per heavy atom. The predicted molar refractivity (Wildman–Crippen MR) is 74.4 cm³/mol. The Labute approximate surface area is 112 Å². The molecule has 2 heterocycles. The van der Waals surface area contributed by atoms with Gasteiger partial charge in [0.05, 0.1) is 5.70 Å². The number of fused-ring (bicyclic) bond motifs is 3. The number of hydrogen-bond acceptors (Lipinski definition) is 2. The summed E-state index contributed by atoms with van der Waals surface area (Å²) in [6, 6.07) is 16.2. The van der Waals surface area contributed by atoms with Crippen molar-refractivity contribution in [2.75, 3.05) is 0 Å². The maximum absolute atomic E-state index is 12.6. The molecule has 0 unspecified atom stereocenters. The van der Waals surface area contributed by atoms with Crippen LogP contribution in [0.1, 0.15) is 27.0 Å². The van der Waals surface area contributed by atoms with E-state index in [4.69, 9.17) is 0 Å². The molecule has 0 aliphatic carbocycles. The highest BCUT2D eigenvalue weighted by Gasteiger charge is 2.30. The van der Waals surface area contributed by atoms with Crippen LogP contribution in [-0.2, 0) is 13.1 Å². The third kappa shape index (κ3) is 1.53. The number of ketones is 1. The molecule has 0 saturated carbocycles. The van der Waals surface area contributed by atoms with Gasteiger partial charge in [-0.2, -0.15) is 0 Å². The average Bonchev–Trinajstić information content (AvgIpc) is 2.46. The Hall–Kier alpha value is -2.35. The molecule has 2 aliphatic rings. The average molecular weight is 247 g/mol. The van der Waals surface area contributed by atoms with E-state index in [1.807, 2.05) is 36.4 Å². The molecule has 4 rings (SSSR count). The molecule has 0 bridgehead atoms. The van der Waals surface area contributed by atoms with Gasteiger partial charge in [0.1, 0.15) is 0 Å². The molecular weight excluding hydrogens is 234 g/mol. The van der Waals surface area contributed by atoms with Crippen molar-refractivity contribution >= 4 is 11.9 Å². The topological polar surface area (TPSA) is 20.3 Å². The van der Waals surface area contributed by atoms with Crippen LogP contribution in [0.2, 0.25) is 0 Å². The predicted octanol–water partition coefficient (Wildman–Crippen LogP) is 3.24. The molecule has 0 atom stereocenters. The lowest BCUT2D eigenvalue weighted by Gasteiger charge is -2.35. The standard InChI is InChI=1S/C17H13NO/c19-17-15-8-4-3-7-14(15)11-18-10-13-6-2-1-5-12(13)9-16(17)18/h1-9H,10-11H2. The lowest BCUT2D eigenvalue weighted by molar-refractivity contribution is 0.0968. The molecule has 2 heteroatoms. The summed E-state index contributed by atoms with van der Waals surface area (Å²) in [5, 5.41) is 0. The molecule has 0 amide bonds. The second kappa shape index (κ2) is 3.82. The van der Waals surface area contributed by atoms with E-state index in [2.05, 4.69) is 23.1 Å². The van der Waals surface area contributed by atoms with E-state index in [1.54, 1.807) is 0 Å². The van der Waals surface area contributed by atoms with Crippen molar-refractivity contribution in [3.63, 3.8) is 0 Å². The maximum atomic E-state index is 12.6. The molecule has 0 saturated heterocycles. The van der Waals surface area contributed by atoms with Crippen LogP contribution < -0.4 is 0 Å². The maximum Gasteiger partial charge on any atom is 0.209 e. The lowest BCUT2D eigenvalue weighted by atomic mass is 9.91. The van der Waals surface area contributed by atoms with E-state index < -0.39 is 0 Å². The Balaban J connectivity index is 1.88. The van der Waals surface area contributed by atoms with E-state index in [9.17, 15) is 4.79 Å². The monoisotopic (exact) mass is 247 g/mol. The van der Waals surface area contributed by atoms with Crippen molar-refractivity contribution in [3.05, 3.63) is 76.5 Å². The van der Waals surface area contributed by atoms with Gasteiger partial charge in [0.25, 0.3) is 0 Å². The number of allylic oxidation sites excluding steroid dienone is 1. The Morgan fingerprint density at radius 1 is 0.842 bits per heavy atom. The summed E-state index contributed by atoms with van der Waals surface area (Å²) in [6.45, 7) is 1.64. The number of hydrogen-bond donors (Lipinski definition) is 0. The van der Waals surface area contributed by atoms with Gasteiger partial charge in [0.2, 0.25) is 5.78 Å². The van der Waals surface area contributed by atoms with Gasteiger partial charge < -0.3 is 4.90 Å². The van der Waals surface area contributed by atoms with Crippen LogP contribution in [0.15, 0.2) is 54.2 Å². The van der Waals surface area contributed by atoms with Crippen molar-refractivity contribution in [1.82, 2.24) is 4.90 Å². The molecule has 0 radical (unpaired) electrons. The Morgan fingerprint density at radius 3 is 2.42 bits per heavy atom. The minimum absolute atomic E-state index is 0.149. The van der Waals surface area contributed by atoms with Crippen LogP contribution in [0.25, 0.3) is 6.08 Å². The van der Waals surface area contributed by atoms with E-state index >= 15 is 0 Å². The first kappa shape index (κ1) is 10.6. The molecule has 0 N–H and O–H groups in total. The third-order valence-corrected chi connectivity index (χ3v) is 3.91. The van der Waals surface area contributed by atoms with Crippen LogP contribution >= 0.6 is 0 Å². The molecule has 2 nitrogen and oxygen atoms in total. The van der Waals surface area contributed by atoms with Crippen molar-refractivity contribution in [2.45, 2.75) is 13.1 Å². The van der Waals surface area contributed by atoms with Crippen molar-refractivity contribution in [3.8, 4) is 0 Å². The van der Waals surface area contributed by atoms with E-state index in [1.165, 1.54) is 11.1 Å². The second-order valence-electron chi connectivity index (χ2n) is 5.07. The van der Waals surface area contributed by atoms with Gasteiger partial charge >= 0.3 is 0 Å². The normalized spacial score (nSPS) is 16.3. The van der Waals surface area contributed by atoms with Gasteiger partial charge in [0.15, 0.2) is 0 Å². The third-order valence-electron chi connectivity index (χ3n) is 3.91.